The molecule has 70 valence electrons. The molecule has 0 heterocycles. The Hall–Kier alpha value is -1.45. The van der Waals surface area contributed by atoms with Crippen LogP contribution < -0.4 is 0 Å². The third-order valence-corrected chi connectivity index (χ3v) is 1.41. The lowest BCUT2D eigenvalue weighted by molar-refractivity contribution is 0.439. The van der Waals surface area contributed by atoms with Crippen molar-refractivity contribution in [3.63, 3.8) is 0 Å². The van der Waals surface area contributed by atoms with Gasteiger partial charge in [-0.2, -0.15) is 5.10 Å². The maximum absolute atomic E-state index is 13.0. The summed E-state index contributed by atoms with van der Waals surface area (Å²) in [4.78, 5) is 0. The van der Waals surface area contributed by atoms with E-state index in [-0.39, 0.29) is 5.56 Å². The second kappa shape index (κ2) is 3.98. The van der Waals surface area contributed by atoms with Gasteiger partial charge in [0.15, 0.2) is 11.6 Å². The first-order valence-corrected chi connectivity index (χ1v) is 3.76. The van der Waals surface area contributed by atoms with Crippen LogP contribution in [0.2, 0.25) is 0 Å². The van der Waals surface area contributed by atoms with Gasteiger partial charge in [0.25, 0.3) is 0 Å². The summed E-state index contributed by atoms with van der Waals surface area (Å²) in [7, 11) is 3.40. The highest BCUT2D eigenvalue weighted by atomic mass is 19.2. The van der Waals surface area contributed by atoms with E-state index in [1.165, 1.54) is 23.4 Å². The Balaban J connectivity index is 2.95. The second-order valence-electron chi connectivity index (χ2n) is 2.73. The van der Waals surface area contributed by atoms with Gasteiger partial charge >= 0.3 is 0 Å². The Morgan fingerprint density at radius 2 is 2.00 bits per heavy atom. The van der Waals surface area contributed by atoms with Crippen molar-refractivity contribution in [2.75, 3.05) is 14.1 Å². The van der Waals surface area contributed by atoms with Gasteiger partial charge in [0.05, 0.1) is 6.21 Å². The van der Waals surface area contributed by atoms with Crippen LogP contribution in [-0.2, 0) is 0 Å². The molecule has 1 aromatic rings. The van der Waals surface area contributed by atoms with Crippen LogP contribution >= 0.6 is 0 Å². The predicted molar refractivity (Wildman–Crippen MR) is 47.6 cm³/mol. The average molecular weight is 184 g/mol. The standard InChI is InChI=1S/C9H10F2N2/c1-13(2)12-6-7-4-3-5-8(10)9(7)11/h3-6H,1-2H3/b12-6+. The second-order valence-corrected chi connectivity index (χ2v) is 2.73. The van der Waals surface area contributed by atoms with Crippen LogP contribution in [0.1, 0.15) is 5.56 Å². The minimum absolute atomic E-state index is 0.147. The quantitative estimate of drug-likeness (QED) is 0.506. The van der Waals surface area contributed by atoms with Crippen LogP contribution in [0.25, 0.3) is 0 Å². The van der Waals surface area contributed by atoms with Crippen LogP contribution in [0.5, 0.6) is 0 Å². The van der Waals surface area contributed by atoms with Crippen LogP contribution in [0.15, 0.2) is 23.3 Å². The zero-order chi connectivity index (χ0) is 9.84. The Kier molecular flexibility index (Phi) is 2.95. The summed E-state index contributed by atoms with van der Waals surface area (Å²) >= 11 is 0. The predicted octanol–water partition coefficient (Wildman–Crippen LogP) is 1.86. The molecule has 0 aromatic heterocycles. The molecule has 0 radical (unpaired) electrons. The van der Waals surface area contributed by atoms with Crippen molar-refractivity contribution >= 4 is 6.21 Å². The van der Waals surface area contributed by atoms with Crippen molar-refractivity contribution in [1.82, 2.24) is 5.01 Å². The molecule has 0 aliphatic heterocycles. The van der Waals surface area contributed by atoms with Gasteiger partial charge in [-0.25, -0.2) is 8.78 Å². The van der Waals surface area contributed by atoms with Crippen molar-refractivity contribution in [2.45, 2.75) is 0 Å². The average Bonchev–Trinajstić information content (AvgIpc) is 2.07. The van der Waals surface area contributed by atoms with Crippen molar-refractivity contribution < 1.29 is 8.78 Å². The van der Waals surface area contributed by atoms with Crippen molar-refractivity contribution in [3.05, 3.63) is 35.4 Å². The summed E-state index contributed by atoms with van der Waals surface area (Å²) in [5.41, 5.74) is 0.147. The van der Waals surface area contributed by atoms with E-state index in [1.54, 1.807) is 14.1 Å². The molecule has 0 saturated heterocycles. The highest BCUT2D eigenvalue weighted by Crippen LogP contribution is 2.08. The number of hydrazone groups is 1. The van der Waals surface area contributed by atoms with Crippen molar-refractivity contribution in [3.8, 4) is 0 Å². The molecule has 4 heteroatoms. The number of benzene rings is 1. The van der Waals surface area contributed by atoms with E-state index in [1.807, 2.05) is 0 Å². The van der Waals surface area contributed by atoms with Gasteiger partial charge < -0.3 is 5.01 Å². The van der Waals surface area contributed by atoms with E-state index in [2.05, 4.69) is 5.10 Å². The molecule has 1 aromatic carbocycles. The summed E-state index contributed by atoms with van der Waals surface area (Å²) in [5.74, 6) is -1.73. The maximum Gasteiger partial charge on any atom is 0.167 e. The molecule has 1 rings (SSSR count). The first kappa shape index (κ1) is 9.64. The molecular weight excluding hydrogens is 174 g/mol. The molecule has 0 amide bonds. The highest BCUT2D eigenvalue weighted by molar-refractivity contribution is 5.79. The van der Waals surface area contributed by atoms with Crippen molar-refractivity contribution in [2.24, 2.45) is 5.10 Å². The summed E-state index contributed by atoms with van der Waals surface area (Å²) < 4.78 is 25.6. The number of nitrogens with zero attached hydrogens (tertiary/aromatic N) is 2. The molecule has 13 heavy (non-hydrogen) atoms. The Labute approximate surface area is 75.5 Å². The van der Waals surface area contributed by atoms with Gasteiger partial charge in [0.1, 0.15) is 0 Å². The lowest BCUT2D eigenvalue weighted by Gasteiger charge is -2.02. The smallest absolute Gasteiger partial charge is 0.167 e. The molecule has 2 nitrogen and oxygen atoms in total. The zero-order valence-electron chi connectivity index (χ0n) is 7.46. The largest absolute Gasteiger partial charge is 0.303 e. The van der Waals surface area contributed by atoms with E-state index >= 15 is 0 Å². The van der Waals surface area contributed by atoms with Gasteiger partial charge in [-0.05, 0) is 6.07 Å². The van der Waals surface area contributed by atoms with Crippen LogP contribution in [-0.4, -0.2) is 25.3 Å². The highest BCUT2D eigenvalue weighted by Gasteiger charge is 2.04. The first-order valence-electron chi connectivity index (χ1n) is 3.76. The van der Waals surface area contributed by atoms with E-state index in [0.29, 0.717) is 0 Å². The van der Waals surface area contributed by atoms with E-state index < -0.39 is 11.6 Å². The minimum atomic E-state index is -0.867. The Morgan fingerprint density at radius 1 is 1.31 bits per heavy atom. The van der Waals surface area contributed by atoms with E-state index in [4.69, 9.17) is 0 Å². The summed E-state index contributed by atoms with van der Waals surface area (Å²) in [5, 5.41) is 5.30. The molecule has 0 spiro atoms. The molecule has 0 unspecified atom stereocenters. The van der Waals surface area contributed by atoms with Gasteiger partial charge in [0.2, 0.25) is 0 Å². The Bertz CT molecular complexity index is 321. The number of hydrogen-bond donors (Lipinski definition) is 0. The van der Waals surface area contributed by atoms with Gasteiger partial charge in [0, 0.05) is 19.7 Å². The minimum Gasteiger partial charge on any atom is -0.303 e. The number of halogens is 2. The third kappa shape index (κ3) is 2.50. The molecule has 0 N–H and O–H groups in total. The van der Waals surface area contributed by atoms with Crippen LogP contribution in [0.3, 0.4) is 0 Å². The molecular formula is C9H10F2N2. The normalized spacial score (nSPS) is 10.8. The summed E-state index contributed by atoms with van der Waals surface area (Å²) in [6.07, 6.45) is 1.28. The molecule has 0 bridgehead atoms. The molecule has 0 aliphatic carbocycles. The van der Waals surface area contributed by atoms with Gasteiger partial charge in [-0.3, -0.25) is 0 Å². The topological polar surface area (TPSA) is 15.6 Å². The Morgan fingerprint density at radius 3 is 2.62 bits per heavy atom. The molecule has 0 aliphatic rings. The number of hydrogen-bond acceptors (Lipinski definition) is 2. The molecule has 0 fully saturated rings. The fourth-order valence-corrected chi connectivity index (χ4v) is 0.798. The SMILES string of the molecule is CN(C)/N=C/c1cccc(F)c1F. The molecule has 0 atom stereocenters. The summed E-state index contributed by atoms with van der Waals surface area (Å²) in [6, 6.07) is 3.98. The lowest BCUT2D eigenvalue weighted by Crippen LogP contribution is -2.03. The lowest BCUT2D eigenvalue weighted by atomic mass is 10.2. The zero-order valence-corrected chi connectivity index (χ0v) is 7.46. The molecule has 0 saturated carbocycles. The third-order valence-electron chi connectivity index (χ3n) is 1.41. The number of rotatable bonds is 2. The fourth-order valence-electron chi connectivity index (χ4n) is 0.798. The fraction of sp³-hybridized carbons (Fsp3) is 0.222. The van der Waals surface area contributed by atoms with Crippen LogP contribution in [0.4, 0.5) is 8.78 Å². The van der Waals surface area contributed by atoms with Crippen LogP contribution in [0, 0.1) is 11.6 Å². The summed E-state index contributed by atoms with van der Waals surface area (Å²) in [6.45, 7) is 0. The van der Waals surface area contributed by atoms with Gasteiger partial charge in [-0.15, -0.1) is 0 Å². The van der Waals surface area contributed by atoms with E-state index in [9.17, 15) is 8.78 Å². The maximum atomic E-state index is 13.0. The van der Waals surface area contributed by atoms with Gasteiger partial charge in [-0.1, -0.05) is 12.1 Å². The van der Waals surface area contributed by atoms with E-state index in [0.717, 1.165) is 6.07 Å². The van der Waals surface area contributed by atoms with Crippen molar-refractivity contribution in [1.29, 1.82) is 0 Å². The first-order chi connectivity index (χ1) is 6.11. The monoisotopic (exact) mass is 184 g/mol.